The molecule has 1 nitrogen and oxygen atoms in total. The molecule has 1 aliphatic heterocycles. The van der Waals surface area contributed by atoms with Crippen molar-refractivity contribution in [2.75, 3.05) is 6.54 Å². The molecule has 0 spiro atoms. The minimum absolute atomic E-state index is 0.125. The molecule has 2 aromatic rings. The highest BCUT2D eigenvalue weighted by molar-refractivity contribution is 5.86. The van der Waals surface area contributed by atoms with Crippen LogP contribution in [0.15, 0.2) is 36.4 Å². The van der Waals surface area contributed by atoms with Crippen LogP contribution in [-0.4, -0.2) is 6.54 Å². The third-order valence-corrected chi connectivity index (χ3v) is 3.59. The Morgan fingerprint density at radius 2 is 1.82 bits per heavy atom. The number of nitrogens with one attached hydrogen (secondary N) is 1. The highest BCUT2D eigenvalue weighted by atomic mass is 19.1. The summed E-state index contributed by atoms with van der Waals surface area (Å²) in [5.74, 6) is -0.125. The zero-order valence-electron chi connectivity index (χ0n) is 9.75. The topological polar surface area (TPSA) is 12.0 Å². The van der Waals surface area contributed by atoms with Crippen molar-refractivity contribution < 1.29 is 4.39 Å². The fourth-order valence-electron chi connectivity index (χ4n) is 2.71. The molecule has 0 unspecified atom stereocenters. The maximum Gasteiger partial charge on any atom is 0.131 e. The summed E-state index contributed by atoms with van der Waals surface area (Å²) in [7, 11) is 0. The van der Waals surface area contributed by atoms with E-state index < -0.39 is 0 Å². The Labute approximate surface area is 101 Å². The Balaban J connectivity index is 2.12. The van der Waals surface area contributed by atoms with Gasteiger partial charge in [-0.3, -0.25) is 0 Å². The zero-order chi connectivity index (χ0) is 11.7. The largest absolute Gasteiger partial charge is 0.310 e. The monoisotopic (exact) mass is 229 g/mol. The van der Waals surface area contributed by atoms with Crippen LogP contribution in [-0.2, 0) is 0 Å². The van der Waals surface area contributed by atoms with Crippen LogP contribution in [0.5, 0.6) is 0 Å². The van der Waals surface area contributed by atoms with Gasteiger partial charge in [0.1, 0.15) is 5.82 Å². The first-order valence-electron chi connectivity index (χ1n) is 6.27. The first-order valence-corrected chi connectivity index (χ1v) is 6.27. The lowest BCUT2D eigenvalue weighted by Crippen LogP contribution is -2.26. The van der Waals surface area contributed by atoms with Gasteiger partial charge in [0.2, 0.25) is 0 Å². The summed E-state index contributed by atoms with van der Waals surface area (Å²) in [5.41, 5.74) is 1.24. The number of fused-ring (bicyclic) bond motifs is 1. The molecule has 0 radical (unpaired) electrons. The SMILES string of the molecule is Fc1ccc([C@H]2CCCCN2)c2ccccc12. The molecule has 3 rings (SSSR count). The zero-order valence-corrected chi connectivity index (χ0v) is 9.75. The van der Waals surface area contributed by atoms with Gasteiger partial charge in [0.25, 0.3) is 0 Å². The second-order valence-corrected chi connectivity index (χ2v) is 4.68. The van der Waals surface area contributed by atoms with Gasteiger partial charge >= 0.3 is 0 Å². The van der Waals surface area contributed by atoms with Gasteiger partial charge in [0.15, 0.2) is 0 Å². The molecule has 0 amide bonds. The van der Waals surface area contributed by atoms with Crippen molar-refractivity contribution in [3.63, 3.8) is 0 Å². The number of rotatable bonds is 1. The Morgan fingerprint density at radius 3 is 2.59 bits per heavy atom. The van der Waals surface area contributed by atoms with E-state index in [4.69, 9.17) is 0 Å². The smallest absolute Gasteiger partial charge is 0.131 e. The second kappa shape index (κ2) is 4.46. The molecule has 0 saturated carbocycles. The van der Waals surface area contributed by atoms with Gasteiger partial charge in [0, 0.05) is 11.4 Å². The molecule has 0 aromatic heterocycles. The van der Waals surface area contributed by atoms with Crippen LogP contribution in [0.25, 0.3) is 10.8 Å². The number of benzene rings is 2. The van der Waals surface area contributed by atoms with Gasteiger partial charge in [-0.25, -0.2) is 4.39 Å². The molecule has 1 saturated heterocycles. The van der Waals surface area contributed by atoms with Crippen LogP contribution in [0.2, 0.25) is 0 Å². The summed E-state index contributed by atoms with van der Waals surface area (Å²) in [6, 6.07) is 11.7. The van der Waals surface area contributed by atoms with E-state index in [2.05, 4.69) is 5.32 Å². The molecule has 2 aromatic carbocycles. The number of piperidine rings is 1. The summed E-state index contributed by atoms with van der Waals surface area (Å²) < 4.78 is 13.7. The van der Waals surface area contributed by atoms with Crippen molar-refractivity contribution in [2.24, 2.45) is 0 Å². The van der Waals surface area contributed by atoms with E-state index in [1.54, 1.807) is 6.07 Å². The van der Waals surface area contributed by atoms with Crippen molar-refractivity contribution in [3.05, 3.63) is 47.8 Å². The number of halogens is 1. The van der Waals surface area contributed by atoms with E-state index in [0.717, 1.165) is 23.7 Å². The summed E-state index contributed by atoms with van der Waals surface area (Å²) in [5, 5.41) is 5.31. The lowest BCUT2D eigenvalue weighted by molar-refractivity contribution is 0.414. The van der Waals surface area contributed by atoms with E-state index >= 15 is 0 Å². The molecule has 0 bridgehead atoms. The van der Waals surface area contributed by atoms with Gasteiger partial charge < -0.3 is 5.32 Å². The average Bonchev–Trinajstić information content (AvgIpc) is 2.41. The first-order chi connectivity index (χ1) is 8.36. The maximum atomic E-state index is 13.7. The standard InChI is InChI=1S/C15H16FN/c16-14-9-8-13(15-7-3-4-10-17-15)11-5-1-2-6-12(11)14/h1-2,5-6,8-9,15,17H,3-4,7,10H2/t15-/m1/s1. The minimum atomic E-state index is -0.125. The Hall–Kier alpha value is -1.41. The number of hydrogen-bond donors (Lipinski definition) is 1. The minimum Gasteiger partial charge on any atom is -0.310 e. The molecule has 2 heteroatoms. The molecule has 0 aliphatic carbocycles. The second-order valence-electron chi connectivity index (χ2n) is 4.68. The molecule has 1 N–H and O–H groups in total. The molecular formula is C15H16FN. The Bertz CT molecular complexity index is 529. The highest BCUT2D eigenvalue weighted by Gasteiger charge is 2.17. The first kappa shape index (κ1) is 10.7. The Morgan fingerprint density at radius 1 is 1.00 bits per heavy atom. The van der Waals surface area contributed by atoms with Gasteiger partial charge in [-0.05, 0) is 36.4 Å². The van der Waals surface area contributed by atoms with Gasteiger partial charge in [0.05, 0.1) is 0 Å². The third-order valence-electron chi connectivity index (χ3n) is 3.59. The van der Waals surface area contributed by atoms with Crippen LogP contribution in [0.4, 0.5) is 4.39 Å². The van der Waals surface area contributed by atoms with Crippen molar-refractivity contribution in [1.29, 1.82) is 0 Å². The highest BCUT2D eigenvalue weighted by Crippen LogP contribution is 2.30. The Kier molecular flexibility index (Phi) is 2.81. The fourth-order valence-corrected chi connectivity index (χ4v) is 2.71. The third kappa shape index (κ3) is 1.93. The van der Waals surface area contributed by atoms with E-state index in [-0.39, 0.29) is 5.82 Å². The molecule has 1 aliphatic rings. The predicted molar refractivity (Wildman–Crippen MR) is 68.5 cm³/mol. The summed E-state index contributed by atoms with van der Waals surface area (Å²) >= 11 is 0. The normalized spacial score (nSPS) is 20.6. The van der Waals surface area contributed by atoms with Gasteiger partial charge in [-0.2, -0.15) is 0 Å². The van der Waals surface area contributed by atoms with Crippen molar-refractivity contribution >= 4 is 10.8 Å². The van der Waals surface area contributed by atoms with Gasteiger partial charge in [-0.15, -0.1) is 0 Å². The van der Waals surface area contributed by atoms with E-state index in [1.807, 2.05) is 30.3 Å². The van der Waals surface area contributed by atoms with Crippen molar-refractivity contribution in [2.45, 2.75) is 25.3 Å². The van der Waals surface area contributed by atoms with Crippen LogP contribution in [0, 0.1) is 5.82 Å². The molecule has 1 heterocycles. The van der Waals surface area contributed by atoms with Crippen LogP contribution >= 0.6 is 0 Å². The van der Waals surface area contributed by atoms with E-state index in [1.165, 1.54) is 18.4 Å². The van der Waals surface area contributed by atoms with E-state index in [0.29, 0.717) is 6.04 Å². The molecule has 17 heavy (non-hydrogen) atoms. The quantitative estimate of drug-likeness (QED) is 0.784. The number of hydrogen-bond acceptors (Lipinski definition) is 1. The predicted octanol–water partition coefficient (Wildman–Crippen LogP) is 3.79. The lowest BCUT2D eigenvalue weighted by atomic mass is 9.93. The van der Waals surface area contributed by atoms with Crippen molar-refractivity contribution in [3.8, 4) is 0 Å². The summed E-state index contributed by atoms with van der Waals surface area (Å²) in [6.45, 7) is 1.07. The van der Waals surface area contributed by atoms with E-state index in [9.17, 15) is 4.39 Å². The molecule has 88 valence electrons. The van der Waals surface area contributed by atoms with Crippen molar-refractivity contribution in [1.82, 2.24) is 5.32 Å². The average molecular weight is 229 g/mol. The van der Waals surface area contributed by atoms with Crippen LogP contribution < -0.4 is 5.32 Å². The van der Waals surface area contributed by atoms with Crippen LogP contribution in [0.1, 0.15) is 30.9 Å². The molecule has 1 atom stereocenters. The molecular weight excluding hydrogens is 213 g/mol. The fraction of sp³-hybridized carbons (Fsp3) is 0.333. The summed E-state index contributed by atoms with van der Waals surface area (Å²) in [4.78, 5) is 0. The van der Waals surface area contributed by atoms with Gasteiger partial charge in [-0.1, -0.05) is 36.8 Å². The van der Waals surface area contributed by atoms with Crippen LogP contribution in [0.3, 0.4) is 0 Å². The maximum absolute atomic E-state index is 13.7. The molecule has 1 fully saturated rings. The summed E-state index contributed by atoms with van der Waals surface area (Å²) in [6.07, 6.45) is 3.65. The lowest BCUT2D eigenvalue weighted by Gasteiger charge is -2.25.